The molecule has 0 aliphatic carbocycles. The Morgan fingerprint density at radius 3 is 2.65 bits per heavy atom. The van der Waals surface area contributed by atoms with Crippen molar-refractivity contribution in [1.29, 1.82) is 0 Å². The summed E-state index contributed by atoms with van der Waals surface area (Å²) in [6.07, 6.45) is 0. The third-order valence-electron chi connectivity index (χ3n) is 2.87. The lowest BCUT2D eigenvalue weighted by Crippen LogP contribution is -2.08. The molecule has 0 bridgehead atoms. The maximum absolute atomic E-state index is 5.74. The summed E-state index contributed by atoms with van der Waals surface area (Å²) in [5, 5.41) is 2.26. The molecule has 3 N–H and O–H groups in total. The van der Waals surface area contributed by atoms with Crippen LogP contribution in [0.5, 0.6) is 11.6 Å². The second-order valence-electron chi connectivity index (χ2n) is 4.26. The minimum Gasteiger partial charge on any atom is -0.439 e. The molecule has 0 fully saturated rings. The number of nitrogens with two attached hydrogens (primary N) is 1. The molecule has 100 valence electrons. The van der Waals surface area contributed by atoms with Crippen LogP contribution in [0.2, 0.25) is 0 Å². The summed E-state index contributed by atoms with van der Waals surface area (Å²) < 4.78 is 6.80. The van der Waals surface area contributed by atoms with Crippen molar-refractivity contribution in [3.63, 3.8) is 0 Å². The van der Waals surface area contributed by atoms with Crippen LogP contribution in [-0.2, 0) is 0 Å². The molecule has 0 saturated heterocycles. The van der Waals surface area contributed by atoms with E-state index in [0.717, 1.165) is 21.0 Å². The summed E-state index contributed by atoms with van der Waals surface area (Å²) >= 11 is 3.46. The molecule has 0 amide bonds. The molecule has 3 aromatic rings. The molecule has 20 heavy (non-hydrogen) atoms. The molecule has 4 nitrogen and oxygen atoms in total. The van der Waals surface area contributed by atoms with Gasteiger partial charge in [0.2, 0.25) is 5.88 Å². The Morgan fingerprint density at radius 1 is 1.00 bits per heavy atom. The molecule has 0 aliphatic rings. The molecule has 3 rings (SSSR count). The Morgan fingerprint density at radius 2 is 1.80 bits per heavy atom. The Labute approximate surface area is 124 Å². The highest BCUT2D eigenvalue weighted by Crippen LogP contribution is 2.27. The summed E-state index contributed by atoms with van der Waals surface area (Å²) in [5.41, 5.74) is 2.49. The molecular formula is C15H12BrN3O. The number of nitrogens with one attached hydrogen (secondary N) is 1. The number of hydrazine groups is 1. The second-order valence-corrected chi connectivity index (χ2v) is 5.18. The van der Waals surface area contributed by atoms with Gasteiger partial charge in [-0.15, -0.1) is 0 Å². The number of nitrogens with zero attached hydrogens (tertiary/aromatic N) is 1. The Balaban J connectivity index is 1.92. The van der Waals surface area contributed by atoms with Gasteiger partial charge in [-0.2, -0.15) is 4.98 Å². The third kappa shape index (κ3) is 2.74. The van der Waals surface area contributed by atoms with Gasteiger partial charge in [0.15, 0.2) is 0 Å². The first kappa shape index (κ1) is 12.9. The quantitative estimate of drug-likeness (QED) is 0.561. The molecule has 0 unspecified atom stereocenters. The Kier molecular flexibility index (Phi) is 3.54. The van der Waals surface area contributed by atoms with Crippen molar-refractivity contribution in [3.8, 4) is 11.6 Å². The van der Waals surface area contributed by atoms with E-state index in [2.05, 4.69) is 32.4 Å². The van der Waals surface area contributed by atoms with E-state index in [1.165, 1.54) is 0 Å². The number of ether oxygens (including phenoxy) is 1. The fraction of sp³-hybridized carbons (Fsp3) is 0. The largest absolute Gasteiger partial charge is 0.439 e. The van der Waals surface area contributed by atoms with E-state index < -0.39 is 0 Å². The number of pyridine rings is 1. The summed E-state index contributed by atoms with van der Waals surface area (Å²) in [6, 6.07) is 17.4. The predicted octanol–water partition coefficient (Wildman–Crippen LogP) is 4.08. The van der Waals surface area contributed by atoms with Crippen molar-refractivity contribution in [2.24, 2.45) is 5.84 Å². The molecule has 0 atom stereocenters. The standard InChI is InChI=1S/C15H12BrN3O/c16-12-6-4-11-9-13(7-5-10(11)8-12)20-15-3-1-2-14(18-15)19-17/h1-9H,17H2,(H,18,19). The number of hydrogen-bond donors (Lipinski definition) is 2. The summed E-state index contributed by atoms with van der Waals surface area (Å²) in [6.45, 7) is 0. The van der Waals surface area contributed by atoms with Crippen LogP contribution in [0.4, 0.5) is 5.82 Å². The van der Waals surface area contributed by atoms with Gasteiger partial charge in [0.05, 0.1) is 0 Å². The molecule has 0 saturated carbocycles. The van der Waals surface area contributed by atoms with Crippen LogP contribution in [-0.4, -0.2) is 4.98 Å². The van der Waals surface area contributed by atoms with E-state index in [1.807, 2.05) is 36.4 Å². The second kappa shape index (κ2) is 5.48. The van der Waals surface area contributed by atoms with Crippen molar-refractivity contribution in [3.05, 3.63) is 59.1 Å². The molecule has 2 aromatic carbocycles. The van der Waals surface area contributed by atoms with Crippen molar-refractivity contribution >= 4 is 32.5 Å². The minimum atomic E-state index is 0.497. The maximum Gasteiger partial charge on any atom is 0.221 e. The molecular weight excluding hydrogens is 318 g/mol. The number of rotatable bonds is 3. The number of anilines is 1. The zero-order chi connectivity index (χ0) is 13.9. The number of fused-ring (bicyclic) bond motifs is 1. The van der Waals surface area contributed by atoms with Gasteiger partial charge in [-0.25, -0.2) is 5.84 Å². The van der Waals surface area contributed by atoms with Crippen LogP contribution < -0.4 is 16.0 Å². The van der Waals surface area contributed by atoms with E-state index in [0.29, 0.717) is 11.7 Å². The van der Waals surface area contributed by atoms with Gasteiger partial charge < -0.3 is 10.2 Å². The molecule has 1 aromatic heterocycles. The van der Waals surface area contributed by atoms with Gasteiger partial charge >= 0.3 is 0 Å². The first-order valence-corrected chi connectivity index (χ1v) is 6.85. The lowest BCUT2D eigenvalue weighted by atomic mass is 10.1. The van der Waals surface area contributed by atoms with Crippen molar-refractivity contribution in [2.75, 3.05) is 5.43 Å². The van der Waals surface area contributed by atoms with Crippen molar-refractivity contribution in [1.82, 2.24) is 4.98 Å². The van der Waals surface area contributed by atoms with Crippen molar-refractivity contribution in [2.45, 2.75) is 0 Å². The first-order chi connectivity index (χ1) is 9.74. The number of aromatic nitrogens is 1. The minimum absolute atomic E-state index is 0.497. The zero-order valence-corrected chi connectivity index (χ0v) is 12.1. The molecule has 1 heterocycles. The summed E-state index contributed by atoms with van der Waals surface area (Å²) in [7, 11) is 0. The highest BCUT2D eigenvalue weighted by molar-refractivity contribution is 9.10. The van der Waals surface area contributed by atoms with Gasteiger partial charge in [0, 0.05) is 10.5 Å². The zero-order valence-electron chi connectivity index (χ0n) is 10.5. The molecule has 0 radical (unpaired) electrons. The number of benzene rings is 2. The summed E-state index contributed by atoms with van der Waals surface area (Å²) in [4.78, 5) is 4.21. The number of halogens is 1. The Bertz CT molecular complexity index is 761. The SMILES string of the molecule is NNc1cccc(Oc2ccc3cc(Br)ccc3c2)n1. The average Bonchev–Trinajstić information content (AvgIpc) is 2.47. The van der Waals surface area contributed by atoms with Crippen LogP contribution in [0.25, 0.3) is 10.8 Å². The van der Waals surface area contributed by atoms with E-state index in [-0.39, 0.29) is 0 Å². The lowest BCUT2D eigenvalue weighted by molar-refractivity contribution is 0.464. The van der Waals surface area contributed by atoms with Crippen molar-refractivity contribution < 1.29 is 4.74 Å². The topological polar surface area (TPSA) is 60.2 Å². The monoisotopic (exact) mass is 329 g/mol. The van der Waals surface area contributed by atoms with E-state index in [4.69, 9.17) is 10.6 Å². The molecule has 5 heteroatoms. The van der Waals surface area contributed by atoms with Gasteiger partial charge in [-0.05, 0) is 41.1 Å². The maximum atomic E-state index is 5.74. The average molecular weight is 330 g/mol. The van der Waals surface area contributed by atoms with Crippen LogP contribution in [0, 0.1) is 0 Å². The molecule has 0 spiro atoms. The van der Waals surface area contributed by atoms with Gasteiger partial charge in [0.25, 0.3) is 0 Å². The first-order valence-electron chi connectivity index (χ1n) is 6.05. The normalized spacial score (nSPS) is 10.5. The van der Waals surface area contributed by atoms with E-state index in [1.54, 1.807) is 12.1 Å². The fourth-order valence-electron chi connectivity index (χ4n) is 1.93. The third-order valence-corrected chi connectivity index (χ3v) is 3.36. The Hall–Kier alpha value is -2.11. The highest BCUT2D eigenvalue weighted by Gasteiger charge is 2.02. The van der Waals surface area contributed by atoms with Crippen LogP contribution >= 0.6 is 15.9 Å². The van der Waals surface area contributed by atoms with Crippen LogP contribution in [0.1, 0.15) is 0 Å². The summed E-state index contributed by atoms with van der Waals surface area (Å²) in [5.74, 6) is 7.13. The lowest BCUT2D eigenvalue weighted by Gasteiger charge is -2.07. The number of hydrogen-bond acceptors (Lipinski definition) is 4. The van der Waals surface area contributed by atoms with Gasteiger partial charge in [-0.1, -0.05) is 34.1 Å². The number of nitrogen functional groups attached to an aromatic ring is 1. The fourth-order valence-corrected chi connectivity index (χ4v) is 2.31. The van der Waals surface area contributed by atoms with Crippen LogP contribution in [0.3, 0.4) is 0 Å². The smallest absolute Gasteiger partial charge is 0.221 e. The predicted molar refractivity (Wildman–Crippen MR) is 83.8 cm³/mol. The van der Waals surface area contributed by atoms with Gasteiger partial charge in [-0.3, -0.25) is 0 Å². The van der Waals surface area contributed by atoms with Gasteiger partial charge in [0.1, 0.15) is 11.6 Å². The highest BCUT2D eigenvalue weighted by atomic mass is 79.9. The van der Waals surface area contributed by atoms with Crippen LogP contribution in [0.15, 0.2) is 59.1 Å². The van der Waals surface area contributed by atoms with E-state index in [9.17, 15) is 0 Å². The van der Waals surface area contributed by atoms with E-state index >= 15 is 0 Å². The molecule has 0 aliphatic heterocycles.